The van der Waals surface area contributed by atoms with Crippen molar-refractivity contribution in [2.45, 2.75) is 6.42 Å². The van der Waals surface area contributed by atoms with Crippen LogP contribution in [-0.4, -0.2) is 75.7 Å². The molecule has 132 valence electrons. The van der Waals surface area contributed by atoms with Crippen LogP contribution < -0.4 is 9.47 Å². The quantitative estimate of drug-likeness (QED) is 0.759. The fraction of sp³-hybridized carbons (Fsp3) is 0.529. The van der Waals surface area contributed by atoms with Gasteiger partial charge in [0.25, 0.3) is 0 Å². The molecule has 0 saturated carbocycles. The average Bonchev–Trinajstić information content (AvgIpc) is 2.61. The summed E-state index contributed by atoms with van der Waals surface area (Å²) in [5.41, 5.74) is 0.871. The van der Waals surface area contributed by atoms with E-state index in [9.17, 15) is 9.59 Å². The van der Waals surface area contributed by atoms with E-state index in [-0.39, 0.29) is 18.4 Å². The molecule has 1 aliphatic rings. The summed E-state index contributed by atoms with van der Waals surface area (Å²) in [4.78, 5) is 27.7. The average molecular weight is 336 g/mol. The molecular formula is C17H24N2O5. The van der Waals surface area contributed by atoms with E-state index in [0.29, 0.717) is 44.1 Å². The monoisotopic (exact) mass is 336 g/mol. The largest absolute Gasteiger partial charge is 0.493 e. The maximum Gasteiger partial charge on any atom is 0.248 e. The summed E-state index contributed by atoms with van der Waals surface area (Å²) in [5, 5.41) is 0. The Morgan fingerprint density at radius 2 is 1.50 bits per heavy atom. The minimum Gasteiger partial charge on any atom is -0.493 e. The van der Waals surface area contributed by atoms with Crippen molar-refractivity contribution in [3.8, 4) is 11.5 Å². The van der Waals surface area contributed by atoms with Crippen LogP contribution in [0, 0.1) is 0 Å². The van der Waals surface area contributed by atoms with Crippen LogP contribution in [0.2, 0.25) is 0 Å². The van der Waals surface area contributed by atoms with Gasteiger partial charge >= 0.3 is 0 Å². The summed E-state index contributed by atoms with van der Waals surface area (Å²) in [7, 11) is 4.65. The number of piperazine rings is 1. The van der Waals surface area contributed by atoms with Gasteiger partial charge in [-0.05, 0) is 17.7 Å². The molecule has 0 radical (unpaired) electrons. The third-order valence-corrected chi connectivity index (χ3v) is 4.06. The summed E-state index contributed by atoms with van der Waals surface area (Å²) in [5.74, 6) is 1.25. The second-order valence-corrected chi connectivity index (χ2v) is 5.56. The lowest BCUT2D eigenvalue weighted by Crippen LogP contribution is -2.51. The standard InChI is InChI=1S/C17H24N2O5/c1-22-12-17(21)19-8-6-18(7-9-19)16(20)11-13-4-5-14(23-2)15(10-13)24-3/h4-5,10H,6-9,11-12H2,1-3H3. The zero-order valence-electron chi connectivity index (χ0n) is 14.4. The van der Waals surface area contributed by atoms with Gasteiger partial charge in [0.1, 0.15) is 6.61 Å². The highest BCUT2D eigenvalue weighted by atomic mass is 16.5. The summed E-state index contributed by atoms with van der Waals surface area (Å²) >= 11 is 0. The van der Waals surface area contributed by atoms with E-state index >= 15 is 0 Å². The highest BCUT2D eigenvalue weighted by Gasteiger charge is 2.24. The summed E-state index contributed by atoms with van der Waals surface area (Å²) in [6.45, 7) is 2.25. The molecule has 0 bridgehead atoms. The van der Waals surface area contributed by atoms with Crippen LogP contribution >= 0.6 is 0 Å². The van der Waals surface area contributed by atoms with Crippen LogP contribution in [0.3, 0.4) is 0 Å². The lowest BCUT2D eigenvalue weighted by molar-refractivity contribution is -0.141. The van der Waals surface area contributed by atoms with E-state index < -0.39 is 0 Å². The molecule has 7 nitrogen and oxygen atoms in total. The maximum absolute atomic E-state index is 12.4. The van der Waals surface area contributed by atoms with Gasteiger partial charge in [0.2, 0.25) is 11.8 Å². The lowest BCUT2D eigenvalue weighted by atomic mass is 10.1. The van der Waals surface area contributed by atoms with Gasteiger partial charge in [-0.3, -0.25) is 9.59 Å². The molecule has 2 rings (SSSR count). The molecule has 0 atom stereocenters. The van der Waals surface area contributed by atoms with Gasteiger partial charge < -0.3 is 24.0 Å². The van der Waals surface area contributed by atoms with Gasteiger partial charge in [-0.25, -0.2) is 0 Å². The Labute approximate surface area is 142 Å². The normalized spacial score (nSPS) is 14.5. The van der Waals surface area contributed by atoms with Crippen molar-refractivity contribution >= 4 is 11.8 Å². The predicted octanol–water partition coefficient (Wildman–Crippen LogP) is 0.564. The van der Waals surface area contributed by atoms with Crippen LogP contribution in [0.1, 0.15) is 5.56 Å². The zero-order chi connectivity index (χ0) is 17.5. The molecule has 1 saturated heterocycles. The number of hydrogen-bond donors (Lipinski definition) is 0. The number of ether oxygens (including phenoxy) is 3. The van der Waals surface area contributed by atoms with Crippen LogP contribution in [0.15, 0.2) is 18.2 Å². The van der Waals surface area contributed by atoms with E-state index in [1.165, 1.54) is 7.11 Å². The number of benzene rings is 1. The van der Waals surface area contributed by atoms with E-state index in [2.05, 4.69) is 0 Å². The van der Waals surface area contributed by atoms with Crippen LogP contribution in [0.25, 0.3) is 0 Å². The van der Waals surface area contributed by atoms with Crippen molar-refractivity contribution < 1.29 is 23.8 Å². The van der Waals surface area contributed by atoms with Crippen molar-refractivity contribution in [3.63, 3.8) is 0 Å². The molecule has 1 aromatic rings. The fourth-order valence-electron chi connectivity index (χ4n) is 2.70. The van der Waals surface area contributed by atoms with Gasteiger partial charge in [0.05, 0.1) is 20.6 Å². The lowest BCUT2D eigenvalue weighted by Gasteiger charge is -2.34. The maximum atomic E-state index is 12.4. The molecule has 0 N–H and O–H groups in total. The molecule has 1 heterocycles. The molecule has 7 heteroatoms. The second-order valence-electron chi connectivity index (χ2n) is 5.56. The van der Waals surface area contributed by atoms with E-state index in [4.69, 9.17) is 14.2 Å². The second kappa shape index (κ2) is 8.54. The zero-order valence-corrected chi connectivity index (χ0v) is 14.4. The van der Waals surface area contributed by atoms with Crippen molar-refractivity contribution in [3.05, 3.63) is 23.8 Å². The first-order valence-electron chi connectivity index (χ1n) is 7.84. The van der Waals surface area contributed by atoms with Crippen LogP contribution in [0.5, 0.6) is 11.5 Å². The van der Waals surface area contributed by atoms with Crippen LogP contribution in [-0.2, 0) is 20.7 Å². The van der Waals surface area contributed by atoms with E-state index in [1.54, 1.807) is 30.1 Å². The molecule has 24 heavy (non-hydrogen) atoms. The molecule has 0 unspecified atom stereocenters. The Kier molecular flexibility index (Phi) is 6.43. The topological polar surface area (TPSA) is 68.3 Å². The Hall–Kier alpha value is -2.28. The summed E-state index contributed by atoms with van der Waals surface area (Å²) < 4.78 is 15.3. The first-order chi connectivity index (χ1) is 11.6. The van der Waals surface area contributed by atoms with E-state index in [1.807, 2.05) is 12.1 Å². The number of rotatable bonds is 6. The Bertz CT molecular complexity index is 582. The first kappa shape index (κ1) is 18.1. The molecule has 0 aliphatic carbocycles. The number of carbonyl (C=O) groups excluding carboxylic acids is 2. The van der Waals surface area contributed by atoms with E-state index in [0.717, 1.165) is 5.56 Å². The van der Waals surface area contributed by atoms with Crippen molar-refractivity contribution in [2.24, 2.45) is 0 Å². The molecular weight excluding hydrogens is 312 g/mol. The molecule has 1 aromatic carbocycles. The molecule has 1 aliphatic heterocycles. The number of methoxy groups -OCH3 is 3. The minimum absolute atomic E-state index is 0.0375. The van der Waals surface area contributed by atoms with Gasteiger partial charge in [0, 0.05) is 33.3 Å². The number of nitrogens with zero attached hydrogens (tertiary/aromatic N) is 2. The van der Waals surface area contributed by atoms with Crippen molar-refractivity contribution in [1.82, 2.24) is 9.80 Å². The third kappa shape index (κ3) is 4.38. The molecule has 2 amide bonds. The highest BCUT2D eigenvalue weighted by molar-refractivity contribution is 5.80. The number of carbonyl (C=O) groups is 2. The van der Waals surface area contributed by atoms with Crippen LogP contribution in [0.4, 0.5) is 0 Å². The van der Waals surface area contributed by atoms with Gasteiger partial charge in [-0.1, -0.05) is 6.07 Å². The minimum atomic E-state index is -0.0375. The van der Waals surface area contributed by atoms with Gasteiger partial charge in [0.15, 0.2) is 11.5 Å². The predicted molar refractivity (Wildman–Crippen MR) is 88.3 cm³/mol. The van der Waals surface area contributed by atoms with Gasteiger partial charge in [-0.2, -0.15) is 0 Å². The Balaban J connectivity index is 1.91. The number of amides is 2. The van der Waals surface area contributed by atoms with Gasteiger partial charge in [-0.15, -0.1) is 0 Å². The third-order valence-electron chi connectivity index (χ3n) is 4.06. The van der Waals surface area contributed by atoms with Crippen molar-refractivity contribution in [1.29, 1.82) is 0 Å². The molecule has 0 aromatic heterocycles. The summed E-state index contributed by atoms with van der Waals surface area (Å²) in [6, 6.07) is 5.47. The smallest absolute Gasteiger partial charge is 0.248 e. The van der Waals surface area contributed by atoms with Crippen molar-refractivity contribution in [2.75, 3.05) is 54.1 Å². The summed E-state index contributed by atoms with van der Waals surface area (Å²) in [6.07, 6.45) is 0.298. The fourth-order valence-corrected chi connectivity index (χ4v) is 2.70. The SMILES string of the molecule is COCC(=O)N1CCN(C(=O)Cc2ccc(OC)c(OC)c2)CC1. The number of hydrogen-bond acceptors (Lipinski definition) is 5. The Morgan fingerprint density at radius 3 is 2.04 bits per heavy atom. The molecule has 0 spiro atoms. The first-order valence-corrected chi connectivity index (χ1v) is 7.84. The Morgan fingerprint density at radius 1 is 0.917 bits per heavy atom. The highest BCUT2D eigenvalue weighted by Crippen LogP contribution is 2.27. The molecule has 1 fully saturated rings.